The molecule has 0 bridgehead atoms. The van der Waals surface area contributed by atoms with Crippen LogP contribution < -0.4 is 5.73 Å². The molecule has 1 heterocycles. The Hall–Kier alpha value is -0.570. The lowest BCUT2D eigenvalue weighted by Crippen LogP contribution is -2.48. The molecule has 3 nitrogen and oxygen atoms in total. The lowest BCUT2D eigenvalue weighted by molar-refractivity contribution is -0.135. The minimum Gasteiger partial charge on any atom is -0.338 e. The second kappa shape index (κ2) is 6.74. The molecule has 2 unspecified atom stereocenters. The number of nitrogens with zero attached hydrogens (tertiary/aromatic N) is 1. The summed E-state index contributed by atoms with van der Waals surface area (Å²) in [5.41, 5.74) is 6.10. The molecule has 1 aliphatic carbocycles. The van der Waals surface area contributed by atoms with Crippen molar-refractivity contribution < 1.29 is 4.79 Å². The predicted octanol–water partition coefficient (Wildman–Crippen LogP) is 2.93. The van der Waals surface area contributed by atoms with E-state index in [1.54, 1.807) is 0 Å². The number of carbonyl (C=O) groups is 1. The van der Waals surface area contributed by atoms with Gasteiger partial charge >= 0.3 is 0 Å². The van der Waals surface area contributed by atoms with Crippen molar-refractivity contribution in [3.63, 3.8) is 0 Å². The number of carbonyl (C=O) groups excluding carboxylic acids is 1. The van der Waals surface area contributed by atoms with Gasteiger partial charge in [0, 0.05) is 12.6 Å². The average Bonchev–Trinajstić information content (AvgIpc) is 2.87. The van der Waals surface area contributed by atoms with E-state index < -0.39 is 0 Å². The van der Waals surface area contributed by atoms with Crippen molar-refractivity contribution in [3.05, 3.63) is 0 Å². The molecule has 1 saturated heterocycles. The molecule has 110 valence electrons. The quantitative estimate of drug-likeness (QED) is 0.850. The molecule has 2 rings (SSSR count). The van der Waals surface area contributed by atoms with E-state index in [-0.39, 0.29) is 11.9 Å². The summed E-state index contributed by atoms with van der Waals surface area (Å²) in [7, 11) is 0. The minimum atomic E-state index is -0.288. The molecule has 0 spiro atoms. The highest BCUT2D eigenvalue weighted by Crippen LogP contribution is 2.34. The first kappa shape index (κ1) is 14.8. The van der Waals surface area contributed by atoms with Crippen molar-refractivity contribution >= 4 is 5.91 Å². The van der Waals surface area contributed by atoms with Crippen LogP contribution in [0.1, 0.15) is 65.2 Å². The van der Waals surface area contributed by atoms with Gasteiger partial charge in [0.15, 0.2) is 0 Å². The molecule has 0 radical (unpaired) electrons. The molecular formula is C16H30N2O. The van der Waals surface area contributed by atoms with Crippen LogP contribution in [-0.2, 0) is 4.79 Å². The van der Waals surface area contributed by atoms with Crippen molar-refractivity contribution in [3.8, 4) is 0 Å². The van der Waals surface area contributed by atoms with E-state index in [1.165, 1.54) is 44.9 Å². The predicted molar refractivity (Wildman–Crippen MR) is 78.7 cm³/mol. The van der Waals surface area contributed by atoms with E-state index in [0.717, 1.165) is 18.9 Å². The molecule has 2 N–H and O–H groups in total. The van der Waals surface area contributed by atoms with Crippen LogP contribution in [0.25, 0.3) is 0 Å². The highest BCUT2D eigenvalue weighted by molar-refractivity contribution is 5.82. The van der Waals surface area contributed by atoms with E-state index in [0.29, 0.717) is 12.0 Å². The van der Waals surface area contributed by atoms with Crippen molar-refractivity contribution in [2.24, 2.45) is 17.6 Å². The third-order valence-electron chi connectivity index (χ3n) is 4.82. The number of amides is 1. The zero-order chi connectivity index (χ0) is 13.8. The summed E-state index contributed by atoms with van der Waals surface area (Å²) in [4.78, 5) is 14.7. The molecule has 2 atom stereocenters. The lowest BCUT2D eigenvalue weighted by Gasteiger charge is -2.35. The van der Waals surface area contributed by atoms with Crippen LogP contribution in [0.5, 0.6) is 0 Å². The van der Waals surface area contributed by atoms with Gasteiger partial charge in [-0.2, -0.15) is 0 Å². The third-order valence-corrected chi connectivity index (χ3v) is 4.82. The second-order valence-electron chi connectivity index (χ2n) is 6.88. The third kappa shape index (κ3) is 3.71. The number of hydrogen-bond donors (Lipinski definition) is 1. The zero-order valence-corrected chi connectivity index (χ0v) is 12.6. The Balaban J connectivity index is 1.95. The molecule has 0 aromatic heterocycles. The van der Waals surface area contributed by atoms with Gasteiger partial charge in [-0.15, -0.1) is 0 Å². The van der Waals surface area contributed by atoms with Crippen LogP contribution in [0.15, 0.2) is 0 Å². The highest BCUT2D eigenvalue weighted by atomic mass is 16.2. The number of rotatable bonds is 4. The Bertz CT molecular complexity index is 297. The van der Waals surface area contributed by atoms with Crippen molar-refractivity contribution in [2.45, 2.75) is 77.3 Å². The largest absolute Gasteiger partial charge is 0.338 e. The van der Waals surface area contributed by atoms with Crippen molar-refractivity contribution in [1.29, 1.82) is 0 Å². The standard InChI is InChI=1S/C16H30N2O/c1-12(2)11-14(17)16(19)18-10-6-9-15(18)13-7-4-3-5-8-13/h12-15H,3-11,17H2,1-2H3. The lowest BCUT2D eigenvalue weighted by atomic mass is 9.83. The Kier molecular flexibility index (Phi) is 5.26. The maximum absolute atomic E-state index is 12.5. The Labute approximate surface area is 117 Å². The van der Waals surface area contributed by atoms with Gasteiger partial charge in [0.25, 0.3) is 0 Å². The normalized spacial score (nSPS) is 26.9. The Morgan fingerprint density at radius 2 is 1.84 bits per heavy atom. The van der Waals surface area contributed by atoms with E-state index in [9.17, 15) is 4.79 Å². The summed E-state index contributed by atoms with van der Waals surface area (Å²) in [5, 5.41) is 0. The highest BCUT2D eigenvalue weighted by Gasteiger charge is 2.36. The molecule has 0 aromatic carbocycles. The van der Waals surface area contributed by atoms with Crippen LogP contribution in [0.4, 0.5) is 0 Å². The number of nitrogens with two attached hydrogens (primary N) is 1. The second-order valence-corrected chi connectivity index (χ2v) is 6.88. The molecular weight excluding hydrogens is 236 g/mol. The maximum atomic E-state index is 12.5. The van der Waals surface area contributed by atoms with E-state index in [2.05, 4.69) is 18.7 Å². The fourth-order valence-corrected chi connectivity index (χ4v) is 3.90. The molecule has 1 saturated carbocycles. The van der Waals surface area contributed by atoms with Gasteiger partial charge in [-0.25, -0.2) is 0 Å². The summed E-state index contributed by atoms with van der Waals surface area (Å²) < 4.78 is 0. The molecule has 3 heteroatoms. The molecule has 0 aromatic rings. The number of likely N-dealkylation sites (tertiary alicyclic amines) is 1. The maximum Gasteiger partial charge on any atom is 0.239 e. The van der Waals surface area contributed by atoms with Crippen LogP contribution in [0.3, 0.4) is 0 Å². The summed E-state index contributed by atoms with van der Waals surface area (Å²) in [6.07, 6.45) is 9.88. The van der Waals surface area contributed by atoms with Gasteiger partial charge in [0.2, 0.25) is 5.91 Å². The van der Waals surface area contributed by atoms with Crippen LogP contribution in [0.2, 0.25) is 0 Å². The van der Waals surface area contributed by atoms with Crippen LogP contribution >= 0.6 is 0 Å². The minimum absolute atomic E-state index is 0.210. The van der Waals surface area contributed by atoms with Crippen LogP contribution in [-0.4, -0.2) is 29.4 Å². The molecule has 1 amide bonds. The van der Waals surface area contributed by atoms with Crippen molar-refractivity contribution in [1.82, 2.24) is 4.90 Å². The van der Waals surface area contributed by atoms with Gasteiger partial charge in [0.1, 0.15) is 0 Å². The molecule has 19 heavy (non-hydrogen) atoms. The monoisotopic (exact) mass is 266 g/mol. The topological polar surface area (TPSA) is 46.3 Å². The van der Waals surface area contributed by atoms with Gasteiger partial charge in [-0.3, -0.25) is 4.79 Å². The zero-order valence-electron chi connectivity index (χ0n) is 12.6. The van der Waals surface area contributed by atoms with E-state index in [4.69, 9.17) is 5.73 Å². The van der Waals surface area contributed by atoms with Gasteiger partial charge in [-0.05, 0) is 43.9 Å². The molecule has 1 aliphatic heterocycles. The average molecular weight is 266 g/mol. The molecule has 2 fully saturated rings. The first-order valence-electron chi connectivity index (χ1n) is 8.15. The van der Waals surface area contributed by atoms with Gasteiger partial charge in [-0.1, -0.05) is 33.1 Å². The van der Waals surface area contributed by atoms with Gasteiger partial charge < -0.3 is 10.6 Å². The number of hydrogen-bond acceptors (Lipinski definition) is 2. The fraction of sp³-hybridized carbons (Fsp3) is 0.938. The van der Waals surface area contributed by atoms with Crippen molar-refractivity contribution in [2.75, 3.05) is 6.54 Å². The fourth-order valence-electron chi connectivity index (χ4n) is 3.90. The summed E-state index contributed by atoms with van der Waals surface area (Å²) in [6.45, 7) is 5.21. The van der Waals surface area contributed by atoms with Gasteiger partial charge in [0.05, 0.1) is 6.04 Å². The molecule has 2 aliphatic rings. The SMILES string of the molecule is CC(C)CC(N)C(=O)N1CCCC1C1CCCCC1. The van der Waals surface area contributed by atoms with E-state index in [1.807, 2.05) is 0 Å². The summed E-state index contributed by atoms with van der Waals surface area (Å²) in [6, 6.07) is 0.204. The summed E-state index contributed by atoms with van der Waals surface area (Å²) in [5.74, 6) is 1.45. The summed E-state index contributed by atoms with van der Waals surface area (Å²) >= 11 is 0. The first-order valence-corrected chi connectivity index (χ1v) is 8.15. The Morgan fingerprint density at radius 3 is 2.47 bits per heavy atom. The van der Waals surface area contributed by atoms with Crippen LogP contribution in [0, 0.1) is 11.8 Å². The van der Waals surface area contributed by atoms with E-state index >= 15 is 0 Å². The Morgan fingerprint density at radius 1 is 1.16 bits per heavy atom. The smallest absolute Gasteiger partial charge is 0.239 e. The first-order chi connectivity index (χ1) is 9.09.